The van der Waals surface area contributed by atoms with Crippen molar-refractivity contribution in [3.63, 3.8) is 0 Å². The Morgan fingerprint density at radius 1 is 1.00 bits per heavy atom. The molecule has 1 atom stereocenters. The van der Waals surface area contributed by atoms with E-state index in [0.717, 1.165) is 0 Å². The second-order valence-electron chi connectivity index (χ2n) is 8.01. The van der Waals surface area contributed by atoms with E-state index in [0.29, 0.717) is 17.9 Å². The van der Waals surface area contributed by atoms with Crippen molar-refractivity contribution in [2.75, 3.05) is 18.1 Å². The summed E-state index contributed by atoms with van der Waals surface area (Å²) >= 11 is 0. The summed E-state index contributed by atoms with van der Waals surface area (Å²) in [5.41, 5.74) is 0.811. The second kappa shape index (κ2) is 10.4. The van der Waals surface area contributed by atoms with Crippen molar-refractivity contribution in [2.24, 2.45) is 5.14 Å². The first-order valence-corrected chi connectivity index (χ1v) is 13.0. The van der Waals surface area contributed by atoms with Crippen molar-refractivity contribution in [2.45, 2.75) is 24.8 Å². The van der Waals surface area contributed by atoms with Gasteiger partial charge in [-0.1, -0.05) is 0 Å². The number of nitrogens with zero attached hydrogens (tertiary/aromatic N) is 2. The van der Waals surface area contributed by atoms with Crippen molar-refractivity contribution in [3.05, 3.63) is 83.7 Å². The van der Waals surface area contributed by atoms with Crippen LogP contribution < -0.4 is 19.5 Å². The van der Waals surface area contributed by atoms with Crippen LogP contribution in [0.5, 0.6) is 11.5 Å². The number of aliphatic hydroxyl groups excluding tert-OH is 1. The molecule has 0 saturated carbocycles. The predicted molar refractivity (Wildman–Crippen MR) is 136 cm³/mol. The molecule has 1 unspecified atom stereocenters. The number of Topliss-reactive ketones (excluding diaryl/α,β-unsaturated/α-hetero) is 1. The van der Waals surface area contributed by atoms with Gasteiger partial charge in [-0.3, -0.25) is 19.5 Å². The fraction of sp³-hybridized carbons (Fsp3) is 0.192. The molecular formula is C26H25N3O7S. The van der Waals surface area contributed by atoms with Gasteiger partial charge in [0.25, 0.3) is 11.7 Å². The summed E-state index contributed by atoms with van der Waals surface area (Å²) in [6.45, 7) is 4.32. The molecule has 37 heavy (non-hydrogen) atoms. The maximum atomic E-state index is 13.3. The minimum absolute atomic E-state index is 0.149. The van der Waals surface area contributed by atoms with Gasteiger partial charge in [0.2, 0.25) is 10.0 Å². The maximum absolute atomic E-state index is 13.3. The largest absolute Gasteiger partial charge is 0.507 e. The molecule has 0 bridgehead atoms. The van der Waals surface area contributed by atoms with Crippen LogP contribution in [-0.4, -0.2) is 43.4 Å². The van der Waals surface area contributed by atoms with E-state index in [1.165, 1.54) is 41.6 Å². The van der Waals surface area contributed by atoms with E-state index in [-0.39, 0.29) is 34.1 Å². The number of carbonyl (C=O) groups is 2. The Labute approximate surface area is 214 Å². The summed E-state index contributed by atoms with van der Waals surface area (Å²) in [5.74, 6) is -1.43. The maximum Gasteiger partial charge on any atom is 0.300 e. The standard InChI is InChI=1S/C26H25N3O7S/c1-3-35-18-7-10-20(21(15-18)36-4-2)24(30)22-23(16-11-13-28-14-12-16)29(26(32)25(22)31)17-5-8-19(9-6-17)37(27,33)34/h5-15,23,30H,3-4H2,1-2H3,(H2,27,33,34)/b24-22-. The summed E-state index contributed by atoms with van der Waals surface area (Å²) in [5, 5.41) is 16.6. The first-order chi connectivity index (χ1) is 17.7. The minimum atomic E-state index is -3.96. The third-order valence-electron chi connectivity index (χ3n) is 5.73. The third kappa shape index (κ3) is 5.04. The Morgan fingerprint density at radius 2 is 1.65 bits per heavy atom. The summed E-state index contributed by atoms with van der Waals surface area (Å²) < 4.78 is 34.6. The number of aromatic nitrogens is 1. The van der Waals surface area contributed by atoms with Crippen LogP contribution in [0.1, 0.15) is 31.0 Å². The van der Waals surface area contributed by atoms with E-state index in [2.05, 4.69) is 4.98 Å². The minimum Gasteiger partial charge on any atom is -0.507 e. The zero-order chi connectivity index (χ0) is 26.7. The highest BCUT2D eigenvalue weighted by atomic mass is 32.2. The van der Waals surface area contributed by atoms with Gasteiger partial charge in [-0.2, -0.15) is 0 Å². The van der Waals surface area contributed by atoms with Gasteiger partial charge in [-0.25, -0.2) is 13.6 Å². The average Bonchev–Trinajstić information content (AvgIpc) is 3.14. The average molecular weight is 524 g/mol. The number of ether oxygens (including phenoxy) is 2. The lowest BCUT2D eigenvalue weighted by atomic mass is 9.95. The molecule has 4 rings (SSSR count). The molecule has 0 radical (unpaired) electrons. The van der Waals surface area contributed by atoms with Gasteiger partial charge in [0.05, 0.1) is 35.3 Å². The van der Waals surface area contributed by atoms with Gasteiger partial charge in [-0.05, 0) is 67.9 Å². The topological polar surface area (TPSA) is 149 Å². The Kier molecular flexibility index (Phi) is 7.28. The van der Waals surface area contributed by atoms with E-state index in [9.17, 15) is 23.1 Å². The van der Waals surface area contributed by atoms with E-state index in [1.807, 2.05) is 6.92 Å². The Bertz CT molecular complexity index is 1470. The molecule has 0 aliphatic carbocycles. The van der Waals surface area contributed by atoms with Gasteiger partial charge < -0.3 is 14.6 Å². The quantitative estimate of drug-likeness (QED) is 0.260. The number of carbonyl (C=O) groups excluding carboxylic acids is 2. The molecule has 192 valence electrons. The van der Waals surface area contributed by atoms with Crippen molar-refractivity contribution in [1.82, 2.24) is 4.98 Å². The summed E-state index contributed by atoms with van der Waals surface area (Å²) in [6.07, 6.45) is 3.00. The number of pyridine rings is 1. The predicted octanol–water partition coefficient (Wildman–Crippen LogP) is 3.15. The molecule has 11 heteroatoms. The van der Waals surface area contributed by atoms with Gasteiger partial charge in [0.15, 0.2) is 0 Å². The number of benzene rings is 2. The molecule has 2 heterocycles. The smallest absolute Gasteiger partial charge is 0.300 e. The number of anilines is 1. The number of aliphatic hydroxyl groups is 1. The molecule has 1 aliphatic heterocycles. The monoisotopic (exact) mass is 523 g/mol. The summed E-state index contributed by atoms with van der Waals surface area (Å²) in [6, 6.07) is 12.3. The summed E-state index contributed by atoms with van der Waals surface area (Å²) in [7, 11) is -3.96. The van der Waals surface area contributed by atoms with Gasteiger partial charge in [0, 0.05) is 24.1 Å². The Hall–Kier alpha value is -4.22. The zero-order valence-corrected chi connectivity index (χ0v) is 20.9. The van der Waals surface area contributed by atoms with Crippen LogP contribution in [0.15, 0.2) is 77.5 Å². The number of hydrogen-bond donors (Lipinski definition) is 2. The number of ketones is 1. The molecule has 1 saturated heterocycles. The molecule has 1 fully saturated rings. The van der Waals surface area contributed by atoms with Crippen molar-refractivity contribution in [3.8, 4) is 11.5 Å². The first kappa shape index (κ1) is 25.9. The van der Waals surface area contributed by atoms with E-state index < -0.39 is 33.5 Å². The molecular weight excluding hydrogens is 498 g/mol. The highest BCUT2D eigenvalue weighted by Gasteiger charge is 2.47. The molecule has 10 nitrogen and oxygen atoms in total. The number of rotatable bonds is 8. The molecule has 1 amide bonds. The highest BCUT2D eigenvalue weighted by Crippen LogP contribution is 2.43. The van der Waals surface area contributed by atoms with Crippen LogP contribution >= 0.6 is 0 Å². The van der Waals surface area contributed by atoms with Crippen LogP contribution in [0.4, 0.5) is 5.69 Å². The lowest BCUT2D eigenvalue weighted by Gasteiger charge is -2.25. The van der Waals surface area contributed by atoms with Crippen LogP contribution in [0.2, 0.25) is 0 Å². The molecule has 1 aliphatic rings. The normalized spacial score (nSPS) is 17.2. The fourth-order valence-corrected chi connectivity index (χ4v) is 4.65. The Balaban J connectivity index is 1.91. The number of amides is 1. The summed E-state index contributed by atoms with van der Waals surface area (Å²) in [4.78, 5) is 31.7. The van der Waals surface area contributed by atoms with Crippen LogP contribution in [0.25, 0.3) is 5.76 Å². The van der Waals surface area contributed by atoms with Crippen molar-refractivity contribution in [1.29, 1.82) is 0 Å². The SMILES string of the molecule is CCOc1ccc(/C(O)=C2/C(=O)C(=O)N(c3ccc(S(N)(=O)=O)cc3)C2c2ccncc2)c(OCC)c1. The van der Waals surface area contributed by atoms with Crippen molar-refractivity contribution >= 4 is 33.2 Å². The van der Waals surface area contributed by atoms with E-state index in [1.54, 1.807) is 37.3 Å². The molecule has 2 aromatic carbocycles. The van der Waals surface area contributed by atoms with Gasteiger partial charge in [0.1, 0.15) is 17.3 Å². The zero-order valence-electron chi connectivity index (χ0n) is 20.1. The van der Waals surface area contributed by atoms with Crippen LogP contribution in [-0.2, 0) is 19.6 Å². The number of primary sulfonamides is 1. The number of nitrogens with two attached hydrogens (primary N) is 1. The molecule has 3 N–H and O–H groups in total. The van der Waals surface area contributed by atoms with Gasteiger partial charge >= 0.3 is 0 Å². The molecule has 1 aromatic heterocycles. The lowest BCUT2D eigenvalue weighted by molar-refractivity contribution is -0.132. The third-order valence-corrected chi connectivity index (χ3v) is 6.66. The lowest BCUT2D eigenvalue weighted by Crippen LogP contribution is -2.29. The van der Waals surface area contributed by atoms with Crippen LogP contribution in [0, 0.1) is 0 Å². The fourth-order valence-electron chi connectivity index (χ4n) is 4.13. The molecule has 3 aromatic rings. The number of sulfonamides is 1. The van der Waals surface area contributed by atoms with Crippen molar-refractivity contribution < 1.29 is 32.6 Å². The molecule has 0 spiro atoms. The highest BCUT2D eigenvalue weighted by molar-refractivity contribution is 7.89. The van der Waals surface area contributed by atoms with E-state index in [4.69, 9.17) is 14.6 Å². The Morgan fingerprint density at radius 3 is 2.24 bits per heavy atom. The first-order valence-electron chi connectivity index (χ1n) is 11.4. The second-order valence-corrected chi connectivity index (χ2v) is 9.57. The van der Waals surface area contributed by atoms with E-state index >= 15 is 0 Å². The van der Waals surface area contributed by atoms with Crippen LogP contribution in [0.3, 0.4) is 0 Å². The van der Waals surface area contributed by atoms with Gasteiger partial charge in [-0.15, -0.1) is 0 Å². The number of hydrogen-bond acceptors (Lipinski definition) is 8.